The van der Waals surface area contributed by atoms with Crippen molar-refractivity contribution in [1.29, 1.82) is 0 Å². The Morgan fingerprint density at radius 1 is 1.15 bits per heavy atom. The number of ether oxygens (including phenoxy) is 1. The Morgan fingerprint density at radius 3 is 2.91 bits per heavy atom. The van der Waals surface area contributed by atoms with Gasteiger partial charge in [-0.3, -0.25) is 4.98 Å². The Kier molecular flexibility index (Phi) is 6.54. The molecule has 0 radical (unpaired) electrons. The number of fused-ring (bicyclic) bond motifs is 1. The van der Waals surface area contributed by atoms with E-state index in [4.69, 9.17) is 14.1 Å². The summed E-state index contributed by atoms with van der Waals surface area (Å²) >= 11 is 0. The summed E-state index contributed by atoms with van der Waals surface area (Å²) in [4.78, 5) is 4.79. The minimum absolute atomic E-state index is 0.133. The lowest BCUT2D eigenvalue weighted by molar-refractivity contribution is 0.218. The van der Waals surface area contributed by atoms with Crippen LogP contribution in [0.15, 0.2) is 65.3 Å². The number of nitrogens with one attached hydrogen (secondary N) is 2. The summed E-state index contributed by atoms with van der Waals surface area (Å²) in [5.74, 6) is 1.53. The number of anilines is 1. The summed E-state index contributed by atoms with van der Waals surface area (Å²) in [5, 5.41) is 8.25. The maximum absolute atomic E-state index is 6.14. The van der Waals surface area contributed by atoms with Crippen LogP contribution in [0.5, 0.6) is 5.75 Å². The fraction of sp³-hybridized carbons (Fsp3) is 0.345. The van der Waals surface area contributed by atoms with Crippen LogP contribution in [-0.2, 0) is 0 Å². The number of pyridine rings is 1. The predicted octanol–water partition coefficient (Wildman–Crippen LogP) is 6.66. The monoisotopic (exact) mass is 455 g/mol. The van der Waals surface area contributed by atoms with Gasteiger partial charge in [0.05, 0.1) is 18.6 Å². The smallest absolute Gasteiger partial charge is 0.134 e. The maximum Gasteiger partial charge on any atom is 0.134 e. The molecule has 5 heteroatoms. The third kappa shape index (κ3) is 5.10. The van der Waals surface area contributed by atoms with Crippen LogP contribution in [0, 0.1) is 19.8 Å². The zero-order valence-corrected chi connectivity index (χ0v) is 20.2. The number of piperidine rings is 1. The van der Waals surface area contributed by atoms with E-state index in [0.717, 1.165) is 64.6 Å². The summed E-state index contributed by atoms with van der Waals surface area (Å²) in [7, 11) is 0. The molecule has 4 aromatic rings. The van der Waals surface area contributed by atoms with Gasteiger partial charge in [0, 0.05) is 40.8 Å². The first-order chi connectivity index (χ1) is 16.5. The molecular formula is C29H33N3O2. The second-order valence-electron chi connectivity index (χ2n) is 9.47. The van der Waals surface area contributed by atoms with Crippen molar-refractivity contribution < 1.29 is 9.15 Å². The highest BCUT2D eigenvalue weighted by molar-refractivity contribution is 5.86. The Morgan fingerprint density at radius 2 is 2.06 bits per heavy atom. The molecule has 2 unspecified atom stereocenters. The molecule has 2 N–H and O–H groups in total. The van der Waals surface area contributed by atoms with Crippen molar-refractivity contribution in [2.45, 2.75) is 39.7 Å². The molecule has 0 aliphatic carbocycles. The average molecular weight is 456 g/mol. The Bertz CT molecular complexity index is 1270. The van der Waals surface area contributed by atoms with Gasteiger partial charge in [-0.05, 0) is 93.7 Å². The number of benzene rings is 2. The number of nitrogens with zero attached hydrogens (tertiary/aromatic N) is 1. The number of aromatic nitrogens is 1. The van der Waals surface area contributed by atoms with Gasteiger partial charge in [-0.2, -0.15) is 0 Å². The first-order valence-corrected chi connectivity index (χ1v) is 12.2. The molecule has 34 heavy (non-hydrogen) atoms. The Balaban J connectivity index is 1.31. The molecule has 2 atom stereocenters. The minimum Gasteiger partial charge on any atom is -0.493 e. The standard InChI is InChI=1S/C29H33N3O2/c1-19-17-34-29-10-9-24(14-27(19)29)28-15-25(12-20(2)31-28)32-21(3)23-7-4-8-26(13-23)33-18-22-6-5-11-30-16-22/h4,7-10,12-15,17,21-22,30H,5-6,11,16,18H2,1-3H3,(H,31,32). The van der Waals surface area contributed by atoms with Gasteiger partial charge < -0.3 is 19.8 Å². The molecule has 2 aromatic heterocycles. The van der Waals surface area contributed by atoms with Gasteiger partial charge >= 0.3 is 0 Å². The lowest BCUT2D eigenvalue weighted by Crippen LogP contribution is -2.33. The maximum atomic E-state index is 6.14. The molecule has 5 rings (SSSR count). The van der Waals surface area contributed by atoms with E-state index in [-0.39, 0.29) is 6.04 Å². The summed E-state index contributed by atoms with van der Waals surface area (Å²) in [6.45, 7) is 9.23. The van der Waals surface area contributed by atoms with Gasteiger partial charge in [-0.1, -0.05) is 12.1 Å². The molecular weight excluding hydrogens is 422 g/mol. The van der Waals surface area contributed by atoms with E-state index < -0.39 is 0 Å². The number of hydrogen-bond donors (Lipinski definition) is 2. The topological polar surface area (TPSA) is 59.3 Å². The molecule has 176 valence electrons. The fourth-order valence-electron chi connectivity index (χ4n) is 4.70. The molecule has 0 bridgehead atoms. The van der Waals surface area contributed by atoms with Crippen LogP contribution in [-0.4, -0.2) is 24.7 Å². The third-order valence-corrected chi connectivity index (χ3v) is 6.64. The number of aryl methyl sites for hydroxylation is 2. The quantitative estimate of drug-likeness (QED) is 0.326. The normalized spacial score (nSPS) is 17.0. The van der Waals surface area contributed by atoms with Crippen molar-refractivity contribution in [3.05, 3.63) is 77.7 Å². The molecule has 0 spiro atoms. The zero-order valence-electron chi connectivity index (χ0n) is 20.2. The van der Waals surface area contributed by atoms with Crippen LogP contribution >= 0.6 is 0 Å². The molecule has 1 saturated heterocycles. The molecule has 2 aromatic carbocycles. The zero-order chi connectivity index (χ0) is 23.5. The second kappa shape index (κ2) is 9.90. The van der Waals surface area contributed by atoms with Crippen LogP contribution in [0.1, 0.15) is 42.6 Å². The SMILES string of the molecule is Cc1cc(NC(C)c2cccc(OCC3CCCNC3)c2)cc(-c2ccc3occ(C)c3c2)n1. The van der Waals surface area contributed by atoms with Crippen LogP contribution in [0.3, 0.4) is 0 Å². The highest BCUT2D eigenvalue weighted by Gasteiger charge is 2.14. The van der Waals surface area contributed by atoms with Gasteiger partial charge in [0.25, 0.3) is 0 Å². The van der Waals surface area contributed by atoms with Gasteiger partial charge in [-0.25, -0.2) is 0 Å². The molecule has 0 saturated carbocycles. The lowest BCUT2D eigenvalue weighted by Gasteiger charge is -2.23. The van der Waals surface area contributed by atoms with Crippen molar-refractivity contribution in [3.8, 4) is 17.0 Å². The minimum atomic E-state index is 0.133. The van der Waals surface area contributed by atoms with Crippen LogP contribution in [0.4, 0.5) is 5.69 Å². The van der Waals surface area contributed by atoms with Gasteiger partial charge in [0.1, 0.15) is 11.3 Å². The fourth-order valence-corrected chi connectivity index (χ4v) is 4.70. The Hall–Kier alpha value is -3.31. The summed E-state index contributed by atoms with van der Waals surface area (Å²) in [6.07, 6.45) is 4.27. The van der Waals surface area contributed by atoms with Gasteiger partial charge in [-0.15, -0.1) is 0 Å². The van der Waals surface area contributed by atoms with Crippen molar-refractivity contribution in [2.24, 2.45) is 5.92 Å². The number of hydrogen-bond acceptors (Lipinski definition) is 5. The highest BCUT2D eigenvalue weighted by Crippen LogP contribution is 2.30. The summed E-state index contributed by atoms with van der Waals surface area (Å²) < 4.78 is 11.7. The third-order valence-electron chi connectivity index (χ3n) is 6.64. The van der Waals surface area contributed by atoms with Crippen molar-refractivity contribution >= 4 is 16.7 Å². The van der Waals surface area contributed by atoms with Crippen molar-refractivity contribution in [2.75, 3.05) is 25.0 Å². The van der Waals surface area contributed by atoms with Crippen LogP contribution in [0.25, 0.3) is 22.2 Å². The van der Waals surface area contributed by atoms with E-state index in [2.05, 4.69) is 73.0 Å². The first-order valence-electron chi connectivity index (χ1n) is 12.2. The van der Waals surface area contributed by atoms with Crippen molar-refractivity contribution in [3.63, 3.8) is 0 Å². The molecule has 0 amide bonds. The van der Waals surface area contributed by atoms with Crippen LogP contribution in [0.2, 0.25) is 0 Å². The number of furan rings is 1. The van der Waals surface area contributed by atoms with E-state index in [9.17, 15) is 0 Å². The second-order valence-corrected chi connectivity index (χ2v) is 9.47. The molecule has 5 nitrogen and oxygen atoms in total. The van der Waals surface area contributed by atoms with E-state index in [1.807, 2.05) is 13.0 Å². The lowest BCUT2D eigenvalue weighted by atomic mass is 10.0. The molecule has 1 fully saturated rings. The molecule has 1 aliphatic rings. The number of rotatable bonds is 7. The van der Waals surface area contributed by atoms with E-state index in [1.54, 1.807) is 6.26 Å². The average Bonchev–Trinajstić information content (AvgIpc) is 3.23. The van der Waals surface area contributed by atoms with Crippen molar-refractivity contribution in [1.82, 2.24) is 10.3 Å². The largest absolute Gasteiger partial charge is 0.493 e. The molecule has 3 heterocycles. The van der Waals surface area contributed by atoms with E-state index >= 15 is 0 Å². The summed E-state index contributed by atoms with van der Waals surface area (Å²) in [6, 6.07) is 19.0. The summed E-state index contributed by atoms with van der Waals surface area (Å²) in [5.41, 5.74) is 7.32. The van der Waals surface area contributed by atoms with Gasteiger partial charge in [0.15, 0.2) is 0 Å². The highest BCUT2D eigenvalue weighted by atomic mass is 16.5. The van der Waals surface area contributed by atoms with E-state index in [0.29, 0.717) is 5.92 Å². The first kappa shape index (κ1) is 22.5. The Labute approximate surface area is 201 Å². The van der Waals surface area contributed by atoms with Crippen LogP contribution < -0.4 is 15.4 Å². The van der Waals surface area contributed by atoms with Gasteiger partial charge in [0.2, 0.25) is 0 Å². The predicted molar refractivity (Wildman–Crippen MR) is 138 cm³/mol. The van der Waals surface area contributed by atoms with E-state index in [1.165, 1.54) is 18.4 Å². The molecule has 1 aliphatic heterocycles.